The molecule has 0 saturated heterocycles. The van der Waals surface area contributed by atoms with Crippen molar-refractivity contribution in [2.75, 3.05) is 39.6 Å². The Kier molecular flexibility index (Phi) is 71.6. The fourth-order valence-electron chi connectivity index (χ4n) is 12.0. The zero-order valence-corrected chi connectivity index (χ0v) is 66.6. The molecule has 2 unspecified atom stereocenters. The summed E-state index contributed by atoms with van der Waals surface area (Å²) in [6.07, 6.45) is 67.4. The van der Waals surface area contributed by atoms with Gasteiger partial charge in [-0.1, -0.05) is 354 Å². The van der Waals surface area contributed by atoms with Crippen molar-refractivity contribution in [2.24, 2.45) is 5.92 Å². The first-order chi connectivity index (χ1) is 48.5. The van der Waals surface area contributed by atoms with Gasteiger partial charge in [0.2, 0.25) is 0 Å². The minimum atomic E-state index is -4.97. The first-order valence-electron chi connectivity index (χ1n) is 41.5. The van der Waals surface area contributed by atoms with Gasteiger partial charge < -0.3 is 33.8 Å². The smallest absolute Gasteiger partial charge is 0.462 e. The first-order valence-corrected chi connectivity index (χ1v) is 44.4. The maximum absolute atomic E-state index is 13.1. The Balaban J connectivity index is 5.25. The van der Waals surface area contributed by atoms with E-state index in [2.05, 4.69) is 58.9 Å². The van der Waals surface area contributed by atoms with Gasteiger partial charge in [-0.25, -0.2) is 9.13 Å². The van der Waals surface area contributed by atoms with Crippen molar-refractivity contribution in [1.29, 1.82) is 0 Å². The number of unbranched alkanes of at least 4 members (excludes halogenated alkanes) is 48. The average Bonchev–Trinajstić information content (AvgIpc) is 0.935. The number of ether oxygens (including phenoxy) is 4. The topological polar surface area (TPSA) is 237 Å². The van der Waals surface area contributed by atoms with E-state index < -0.39 is 97.5 Å². The Bertz CT molecular complexity index is 2000. The third-order valence-electron chi connectivity index (χ3n) is 18.4. The predicted octanol–water partition coefficient (Wildman–Crippen LogP) is 24.0. The minimum absolute atomic E-state index is 0.102. The Morgan fingerprint density at radius 2 is 0.540 bits per heavy atom. The number of carbonyl (C=O) groups excluding carboxylic acids is 4. The van der Waals surface area contributed by atoms with Crippen LogP contribution in [0, 0.1) is 5.92 Å². The standard InChI is InChI=1S/C81H154O17P2/c1-6-9-12-15-18-21-24-26-28-29-30-31-32-33-35-37-41-46-51-56-61-66-80(85)97-77(71-92-79(84)65-60-55-50-45-40-36-34-27-25-22-19-16-13-10-7-2)73-96-100(89,90)94-69-75(82)68-93-99(87,88)95-72-76(70-91-78(83)64-59-54-49-44-23-20-17-14-11-8-3)98-81(86)67-62-57-52-47-42-38-39-43-48-53-58-63-74(4)5/h22,25,27,34,74-77,82H,6-21,23-24,26,28-33,35-73H2,1-5H3,(H,87,88)(H,89,90)/b25-22-,34-27-/t75-,76+,77+/m0/s1. The van der Waals surface area contributed by atoms with Gasteiger partial charge in [0.25, 0.3) is 0 Å². The molecule has 0 fully saturated rings. The Labute approximate surface area is 612 Å². The molecular formula is C81H154O17P2. The molecule has 100 heavy (non-hydrogen) atoms. The third-order valence-corrected chi connectivity index (χ3v) is 20.3. The molecule has 0 aromatic carbocycles. The highest BCUT2D eigenvalue weighted by Gasteiger charge is 2.30. The van der Waals surface area contributed by atoms with E-state index in [0.29, 0.717) is 25.7 Å². The monoisotopic (exact) mass is 1460 g/mol. The molecule has 0 radical (unpaired) electrons. The zero-order chi connectivity index (χ0) is 73.4. The minimum Gasteiger partial charge on any atom is -0.462 e. The summed E-state index contributed by atoms with van der Waals surface area (Å²) in [4.78, 5) is 73.0. The van der Waals surface area contributed by atoms with Crippen LogP contribution in [-0.4, -0.2) is 96.7 Å². The van der Waals surface area contributed by atoms with Crippen LogP contribution in [-0.2, 0) is 65.4 Å². The molecule has 0 amide bonds. The maximum atomic E-state index is 13.1. The SMILES string of the molecule is CCCCCC/C=C\C=C/CCCCCCCC(=O)OC[C@H](COP(=O)(O)OC[C@@H](O)COP(=O)(O)OC[C@@H](COC(=O)CCCCCCCCCCCC)OC(=O)CCCCCCCCCCCCCC(C)C)OC(=O)CCCCCCCCCCCCCCCCCCCCCCC. The number of aliphatic hydroxyl groups is 1. The fourth-order valence-corrected chi connectivity index (χ4v) is 13.6. The molecular weight excluding hydrogens is 1310 g/mol. The third kappa shape index (κ3) is 73.8. The molecule has 3 N–H and O–H groups in total. The van der Waals surface area contributed by atoms with Gasteiger partial charge >= 0.3 is 39.5 Å². The van der Waals surface area contributed by atoms with Gasteiger partial charge in [0.1, 0.15) is 19.3 Å². The number of allylic oxidation sites excluding steroid dienone is 4. The van der Waals surface area contributed by atoms with Crippen LogP contribution < -0.4 is 0 Å². The van der Waals surface area contributed by atoms with Crippen molar-refractivity contribution in [2.45, 2.75) is 425 Å². The number of hydrogen-bond donors (Lipinski definition) is 3. The number of rotatable bonds is 79. The second kappa shape index (κ2) is 73.4. The first kappa shape index (κ1) is 97.5. The molecule has 0 aliphatic heterocycles. The zero-order valence-electron chi connectivity index (χ0n) is 64.8. The van der Waals surface area contributed by atoms with Gasteiger partial charge in [-0.15, -0.1) is 0 Å². The van der Waals surface area contributed by atoms with Crippen LogP contribution in [0.15, 0.2) is 24.3 Å². The molecule has 19 heteroatoms. The van der Waals surface area contributed by atoms with Gasteiger partial charge in [-0.2, -0.15) is 0 Å². The lowest BCUT2D eigenvalue weighted by Gasteiger charge is -2.21. The van der Waals surface area contributed by atoms with Crippen LogP contribution in [0.4, 0.5) is 0 Å². The molecule has 0 spiro atoms. The van der Waals surface area contributed by atoms with Crippen molar-refractivity contribution in [1.82, 2.24) is 0 Å². The maximum Gasteiger partial charge on any atom is 0.472 e. The van der Waals surface area contributed by atoms with E-state index >= 15 is 0 Å². The highest BCUT2D eigenvalue weighted by Crippen LogP contribution is 2.45. The highest BCUT2D eigenvalue weighted by atomic mass is 31.2. The van der Waals surface area contributed by atoms with E-state index in [0.717, 1.165) is 115 Å². The highest BCUT2D eigenvalue weighted by molar-refractivity contribution is 7.47. The lowest BCUT2D eigenvalue weighted by atomic mass is 10.0. The van der Waals surface area contributed by atoms with Crippen molar-refractivity contribution in [3.05, 3.63) is 24.3 Å². The molecule has 5 atom stereocenters. The fraction of sp³-hybridized carbons (Fsp3) is 0.901. The van der Waals surface area contributed by atoms with Gasteiger partial charge in [0.15, 0.2) is 12.2 Å². The van der Waals surface area contributed by atoms with Crippen LogP contribution in [0.5, 0.6) is 0 Å². The molecule has 590 valence electrons. The lowest BCUT2D eigenvalue weighted by Crippen LogP contribution is -2.30. The van der Waals surface area contributed by atoms with Gasteiger partial charge in [0, 0.05) is 25.7 Å². The van der Waals surface area contributed by atoms with E-state index in [-0.39, 0.29) is 25.7 Å². The molecule has 0 bridgehead atoms. The second-order valence-electron chi connectivity index (χ2n) is 29.0. The molecule has 0 aromatic rings. The number of phosphoric ester groups is 2. The lowest BCUT2D eigenvalue weighted by molar-refractivity contribution is -0.161. The number of carbonyl (C=O) groups is 4. The van der Waals surface area contributed by atoms with Gasteiger partial charge in [-0.3, -0.25) is 37.3 Å². The number of esters is 4. The van der Waals surface area contributed by atoms with Crippen molar-refractivity contribution in [3.8, 4) is 0 Å². The summed E-state index contributed by atoms with van der Waals surface area (Å²) in [5, 5.41) is 10.6. The normalized spacial score (nSPS) is 14.0. The van der Waals surface area contributed by atoms with E-state index in [1.54, 1.807) is 0 Å². The predicted molar refractivity (Wildman–Crippen MR) is 409 cm³/mol. The van der Waals surface area contributed by atoms with Crippen molar-refractivity contribution >= 4 is 39.5 Å². The molecule has 0 rings (SSSR count). The quantitative estimate of drug-likeness (QED) is 0.0169. The number of aliphatic hydroxyl groups excluding tert-OH is 1. The van der Waals surface area contributed by atoms with E-state index in [4.69, 9.17) is 37.0 Å². The molecule has 0 aliphatic carbocycles. The average molecular weight is 1460 g/mol. The molecule has 17 nitrogen and oxygen atoms in total. The van der Waals surface area contributed by atoms with E-state index in [1.165, 1.54) is 212 Å². The van der Waals surface area contributed by atoms with Gasteiger partial charge in [-0.05, 0) is 57.3 Å². The molecule has 0 heterocycles. The molecule has 0 aromatic heterocycles. The van der Waals surface area contributed by atoms with Crippen LogP contribution in [0.1, 0.15) is 407 Å². The van der Waals surface area contributed by atoms with Crippen LogP contribution in [0.2, 0.25) is 0 Å². The summed E-state index contributed by atoms with van der Waals surface area (Å²) < 4.78 is 68.6. The molecule has 0 saturated carbocycles. The summed E-state index contributed by atoms with van der Waals surface area (Å²) in [7, 11) is -9.93. The second-order valence-corrected chi connectivity index (χ2v) is 31.9. The van der Waals surface area contributed by atoms with E-state index in [1.807, 2.05) is 0 Å². The van der Waals surface area contributed by atoms with Crippen LogP contribution in [0.25, 0.3) is 0 Å². The van der Waals surface area contributed by atoms with E-state index in [9.17, 15) is 43.2 Å². The Morgan fingerprint density at radius 1 is 0.310 bits per heavy atom. The Hall–Kier alpha value is -2.46. The van der Waals surface area contributed by atoms with Crippen molar-refractivity contribution < 1.29 is 80.2 Å². The summed E-state index contributed by atoms with van der Waals surface area (Å²) in [6.45, 7) is 7.25. The van der Waals surface area contributed by atoms with Crippen LogP contribution in [0.3, 0.4) is 0 Å². The van der Waals surface area contributed by atoms with Gasteiger partial charge in [0.05, 0.1) is 26.4 Å². The number of phosphoric acid groups is 2. The van der Waals surface area contributed by atoms with Crippen LogP contribution >= 0.6 is 15.6 Å². The summed E-state index contributed by atoms with van der Waals surface area (Å²) >= 11 is 0. The number of hydrogen-bond acceptors (Lipinski definition) is 15. The summed E-state index contributed by atoms with van der Waals surface area (Å²) in [5.41, 5.74) is 0. The molecule has 0 aliphatic rings. The Morgan fingerprint density at radius 3 is 0.820 bits per heavy atom. The summed E-state index contributed by atoms with van der Waals surface area (Å²) in [5.74, 6) is -1.37. The van der Waals surface area contributed by atoms with Crippen molar-refractivity contribution in [3.63, 3.8) is 0 Å². The summed E-state index contributed by atoms with van der Waals surface area (Å²) in [6, 6.07) is 0. The largest absolute Gasteiger partial charge is 0.472 e.